The zero-order valence-electron chi connectivity index (χ0n) is 26.1. The lowest BCUT2D eigenvalue weighted by Crippen LogP contribution is -2.48. The Balaban J connectivity index is 1.04. The minimum Gasteiger partial charge on any atom is -0.336 e. The van der Waals surface area contributed by atoms with Crippen molar-refractivity contribution >= 4 is 44.3 Å². The second-order valence-electron chi connectivity index (χ2n) is 12.9. The summed E-state index contributed by atoms with van der Waals surface area (Å²) < 4.78 is 29.2. The van der Waals surface area contributed by atoms with E-state index in [4.69, 9.17) is 0 Å². The van der Waals surface area contributed by atoms with E-state index in [1.165, 1.54) is 42.6 Å². The highest BCUT2D eigenvalue weighted by Crippen LogP contribution is 2.42. The number of aromatic nitrogens is 1. The number of carbonyl (C=O) groups is 1. The second-order valence-corrected chi connectivity index (χ2v) is 16.3. The van der Waals surface area contributed by atoms with Gasteiger partial charge in [0.05, 0.1) is 5.52 Å². The number of hydrogen-bond donors (Lipinski definition) is 1. The molecule has 0 bridgehead atoms. The predicted molar refractivity (Wildman–Crippen MR) is 183 cm³/mol. The highest BCUT2D eigenvalue weighted by Gasteiger charge is 2.28. The van der Waals surface area contributed by atoms with Crippen LogP contribution in [0, 0.1) is 5.92 Å². The molecule has 0 unspecified atom stereocenters. The maximum Gasteiger partial charge on any atom is 0.264 e. The van der Waals surface area contributed by atoms with Crippen molar-refractivity contribution in [1.82, 2.24) is 14.8 Å². The minimum atomic E-state index is -3.86. The summed E-state index contributed by atoms with van der Waals surface area (Å²) in [6, 6.07) is 24.1. The average molecular weight is 643 g/mol. The molecule has 0 radical (unpaired) electrons. The van der Waals surface area contributed by atoms with Crippen LogP contribution in [0.15, 0.2) is 94.9 Å². The standard InChI is InChI=1S/C36H42N4O3S2/c1-36(2,25-27-9-3-4-10-27)44-32-14-6-5-11-30(32)26-39-21-23-40(24-22-39)35(41)29-16-18-31(19-17-29)38-45(42,43)33-15-7-12-28-13-8-20-37-34(28)33/h5-8,11-20,27,38H,3-4,9-10,21-26H2,1-2H3. The van der Waals surface area contributed by atoms with Crippen LogP contribution in [0.5, 0.6) is 0 Å². The number of piperazine rings is 1. The van der Waals surface area contributed by atoms with Gasteiger partial charge in [-0.25, -0.2) is 8.42 Å². The SMILES string of the molecule is CC(C)(CC1CCCC1)Sc1ccccc1CN1CCN(C(=O)c2ccc(NS(=O)(=O)c3cccc4cccnc34)cc2)CC1. The first-order valence-electron chi connectivity index (χ1n) is 15.9. The summed E-state index contributed by atoms with van der Waals surface area (Å²) in [5.41, 5.74) is 2.72. The van der Waals surface area contributed by atoms with Gasteiger partial charge in [0.2, 0.25) is 0 Å². The molecule has 236 valence electrons. The van der Waals surface area contributed by atoms with Gasteiger partial charge in [-0.05, 0) is 60.4 Å². The normalized spacial score (nSPS) is 16.7. The fourth-order valence-electron chi connectivity index (χ4n) is 6.70. The zero-order valence-corrected chi connectivity index (χ0v) is 27.7. The lowest BCUT2D eigenvalue weighted by Gasteiger charge is -2.35. The minimum absolute atomic E-state index is 0.0353. The maximum atomic E-state index is 13.3. The van der Waals surface area contributed by atoms with Crippen LogP contribution >= 0.6 is 11.8 Å². The maximum absolute atomic E-state index is 13.3. The number of hydrogen-bond acceptors (Lipinski definition) is 6. The van der Waals surface area contributed by atoms with Crippen LogP contribution < -0.4 is 4.72 Å². The van der Waals surface area contributed by atoms with E-state index in [2.05, 4.69) is 52.7 Å². The lowest BCUT2D eigenvalue weighted by molar-refractivity contribution is 0.0627. The number of sulfonamides is 1. The van der Waals surface area contributed by atoms with Crippen LogP contribution in [0.3, 0.4) is 0 Å². The van der Waals surface area contributed by atoms with Crippen LogP contribution in [-0.2, 0) is 16.6 Å². The van der Waals surface area contributed by atoms with E-state index < -0.39 is 10.0 Å². The van der Waals surface area contributed by atoms with Crippen molar-refractivity contribution in [2.45, 2.75) is 67.0 Å². The second kappa shape index (κ2) is 13.5. The smallest absolute Gasteiger partial charge is 0.264 e. The van der Waals surface area contributed by atoms with Crippen molar-refractivity contribution in [2.75, 3.05) is 30.9 Å². The van der Waals surface area contributed by atoms with Gasteiger partial charge in [-0.15, -0.1) is 11.8 Å². The number of amides is 1. The number of carbonyl (C=O) groups excluding carboxylic acids is 1. The fourth-order valence-corrected chi connectivity index (χ4v) is 9.26. The summed E-state index contributed by atoms with van der Waals surface area (Å²) >= 11 is 2.02. The first kappa shape index (κ1) is 31.6. The van der Waals surface area contributed by atoms with Crippen LogP contribution in [0.4, 0.5) is 5.69 Å². The molecule has 1 saturated heterocycles. The molecule has 4 aromatic rings. The molecular formula is C36H42N4O3S2. The number of para-hydroxylation sites is 1. The van der Waals surface area contributed by atoms with Gasteiger partial charge in [-0.1, -0.05) is 75.9 Å². The quantitative estimate of drug-likeness (QED) is 0.181. The number of anilines is 1. The van der Waals surface area contributed by atoms with Gasteiger partial charge in [-0.3, -0.25) is 19.4 Å². The molecule has 2 aliphatic rings. The van der Waals surface area contributed by atoms with Gasteiger partial charge in [0.25, 0.3) is 15.9 Å². The molecule has 0 atom stereocenters. The molecule has 9 heteroatoms. The molecule has 1 N–H and O–H groups in total. The van der Waals surface area contributed by atoms with Crippen molar-refractivity contribution in [1.29, 1.82) is 0 Å². The third kappa shape index (κ3) is 7.71. The number of thioether (sulfide) groups is 1. The van der Waals surface area contributed by atoms with E-state index in [1.807, 2.05) is 28.8 Å². The molecule has 0 spiro atoms. The molecule has 6 rings (SSSR count). The van der Waals surface area contributed by atoms with Crippen LogP contribution in [-0.4, -0.2) is 60.0 Å². The molecule has 1 amide bonds. The summed E-state index contributed by atoms with van der Waals surface area (Å²) in [5, 5.41) is 0.753. The van der Waals surface area contributed by atoms with Crippen molar-refractivity contribution in [3.8, 4) is 0 Å². The predicted octanol–water partition coefficient (Wildman–Crippen LogP) is 7.44. The number of nitrogens with zero attached hydrogens (tertiary/aromatic N) is 3. The summed E-state index contributed by atoms with van der Waals surface area (Å²) in [5.74, 6) is 0.824. The van der Waals surface area contributed by atoms with Gasteiger partial charge in [0, 0.05) is 65.2 Å². The van der Waals surface area contributed by atoms with E-state index in [9.17, 15) is 13.2 Å². The van der Waals surface area contributed by atoms with Crippen LogP contribution in [0.2, 0.25) is 0 Å². The number of rotatable bonds is 10. The Morgan fingerprint density at radius 3 is 2.38 bits per heavy atom. The van der Waals surface area contributed by atoms with Crippen molar-refractivity contribution in [3.05, 3.63) is 96.2 Å². The average Bonchev–Trinajstić information content (AvgIpc) is 3.54. The third-order valence-corrected chi connectivity index (χ3v) is 11.7. The van der Waals surface area contributed by atoms with Crippen LogP contribution in [0.1, 0.15) is 61.9 Å². The van der Waals surface area contributed by atoms with Gasteiger partial charge >= 0.3 is 0 Å². The van der Waals surface area contributed by atoms with E-state index in [0.29, 0.717) is 29.9 Å². The number of pyridine rings is 1. The van der Waals surface area contributed by atoms with Gasteiger partial charge < -0.3 is 4.90 Å². The molecule has 45 heavy (non-hydrogen) atoms. The lowest BCUT2D eigenvalue weighted by atomic mass is 9.95. The van der Waals surface area contributed by atoms with Gasteiger partial charge in [-0.2, -0.15) is 0 Å². The number of fused-ring (bicyclic) bond motifs is 1. The van der Waals surface area contributed by atoms with Gasteiger partial charge in [0.1, 0.15) is 4.90 Å². The largest absolute Gasteiger partial charge is 0.336 e. The molecule has 2 fully saturated rings. The van der Waals surface area contributed by atoms with E-state index >= 15 is 0 Å². The van der Waals surface area contributed by atoms with E-state index in [0.717, 1.165) is 30.9 Å². The Morgan fingerprint density at radius 2 is 1.62 bits per heavy atom. The highest BCUT2D eigenvalue weighted by molar-refractivity contribution is 8.00. The molecule has 1 aliphatic carbocycles. The monoisotopic (exact) mass is 642 g/mol. The van der Waals surface area contributed by atoms with Crippen molar-refractivity contribution in [2.24, 2.45) is 5.92 Å². The first-order valence-corrected chi connectivity index (χ1v) is 18.2. The molecule has 3 aromatic carbocycles. The molecular weight excluding hydrogens is 601 g/mol. The van der Waals surface area contributed by atoms with Crippen molar-refractivity contribution in [3.63, 3.8) is 0 Å². The Bertz CT molecular complexity index is 1740. The molecule has 7 nitrogen and oxygen atoms in total. The van der Waals surface area contributed by atoms with E-state index in [1.54, 1.807) is 48.7 Å². The zero-order chi connectivity index (χ0) is 31.4. The molecule has 1 saturated carbocycles. The molecule has 1 aliphatic heterocycles. The highest BCUT2D eigenvalue weighted by atomic mass is 32.2. The Morgan fingerprint density at radius 1 is 0.911 bits per heavy atom. The molecule has 1 aromatic heterocycles. The Labute approximate surface area is 271 Å². The summed E-state index contributed by atoms with van der Waals surface area (Å²) in [6.07, 6.45) is 8.37. The van der Waals surface area contributed by atoms with Crippen molar-refractivity contribution < 1.29 is 13.2 Å². The first-order chi connectivity index (χ1) is 21.7. The molecule has 2 heterocycles. The van der Waals surface area contributed by atoms with Gasteiger partial charge in [0.15, 0.2) is 0 Å². The Hall–Kier alpha value is -3.40. The number of benzene rings is 3. The Kier molecular flexibility index (Phi) is 9.49. The third-order valence-electron chi connectivity index (χ3n) is 8.94. The fraction of sp³-hybridized carbons (Fsp3) is 0.389. The summed E-state index contributed by atoms with van der Waals surface area (Å²) in [4.78, 5) is 23.4. The van der Waals surface area contributed by atoms with E-state index in [-0.39, 0.29) is 15.5 Å². The summed E-state index contributed by atoms with van der Waals surface area (Å²) in [6.45, 7) is 8.60. The summed E-state index contributed by atoms with van der Waals surface area (Å²) in [7, 11) is -3.86. The topological polar surface area (TPSA) is 82.6 Å². The number of nitrogens with one attached hydrogen (secondary N) is 1. The van der Waals surface area contributed by atoms with Crippen LogP contribution in [0.25, 0.3) is 10.9 Å².